The molecule has 0 radical (unpaired) electrons. The molecule has 306 valence electrons. The molecule has 1 aliphatic heterocycles. The van der Waals surface area contributed by atoms with Gasteiger partial charge in [0.25, 0.3) is 5.91 Å². The monoisotopic (exact) mass is 764 g/mol. The van der Waals surface area contributed by atoms with Crippen molar-refractivity contribution in [1.29, 1.82) is 0 Å². The molecule has 2 fully saturated rings. The molecule has 3 atom stereocenters. The Morgan fingerprint density at radius 1 is 0.981 bits per heavy atom. The van der Waals surface area contributed by atoms with E-state index < -0.39 is 35.7 Å². The van der Waals surface area contributed by atoms with E-state index in [0.29, 0.717) is 24.8 Å². The van der Waals surface area contributed by atoms with Gasteiger partial charge in [-0.25, -0.2) is 0 Å². The van der Waals surface area contributed by atoms with Gasteiger partial charge in [0.1, 0.15) is 12.1 Å². The number of nitrogens with zero attached hydrogens (tertiary/aromatic N) is 1. The number of nitrogens with one attached hydrogen (secondary N) is 4. The van der Waals surface area contributed by atoms with Crippen molar-refractivity contribution in [3.05, 3.63) is 12.7 Å². The Labute approximate surface area is 320 Å². The molecular formula is C38H74ClN5O8. The van der Waals surface area contributed by atoms with Crippen LogP contribution in [0.2, 0.25) is 0 Å². The molecule has 2 aliphatic rings. The summed E-state index contributed by atoms with van der Waals surface area (Å²) >= 11 is 4.55. The van der Waals surface area contributed by atoms with Crippen LogP contribution in [0.5, 0.6) is 0 Å². The summed E-state index contributed by atoms with van der Waals surface area (Å²) in [4.78, 5) is 73.5. The van der Waals surface area contributed by atoms with E-state index in [1.54, 1.807) is 25.9 Å². The third kappa shape index (κ3) is 29.5. The molecular weight excluding hydrogens is 690 g/mol. The average Bonchev–Trinajstić information content (AvgIpc) is 3.62. The van der Waals surface area contributed by atoms with Gasteiger partial charge < -0.3 is 36.0 Å². The van der Waals surface area contributed by atoms with E-state index in [9.17, 15) is 28.8 Å². The predicted molar refractivity (Wildman–Crippen MR) is 211 cm³/mol. The normalized spacial score (nSPS) is 15.8. The van der Waals surface area contributed by atoms with Gasteiger partial charge in [0, 0.05) is 27.1 Å². The van der Waals surface area contributed by atoms with Crippen LogP contribution >= 0.6 is 11.6 Å². The van der Waals surface area contributed by atoms with E-state index >= 15 is 0 Å². The van der Waals surface area contributed by atoms with Crippen molar-refractivity contribution in [2.75, 3.05) is 40.4 Å². The lowest BCUT2D eigenvalue weighted by Crippen LogP contribution is -2.56. The summed E-state index contributed by atoms with van der Waals surface area (Å²) in [5, 5.41) is 17.9. The number of hydrogen-bond acceptors (Lipinski definition) is 9. The van der Waals surface area contributed by atoms with Crippen LogP contribution in [-0.2, 0) is 33.5 Å². The summed E-state index contributed by atoms with van der Waals surface area (Å²) in [6.45, 7) is 21.9. The van der Waals surface area contributed by atoms with Crippen LogP contribution in [0.1, 0.15) is 127 Å². The summed E-state index contributed by atoms with van der Waals surface area (Å²) in [5.74, 6) is -2.35. The largest absolute Gasteiger partial charge is 0.469 e. The molecule has 1 saturated carbocycles. The van der Waals surface area contributed by atoms with Crippen LogP contribution in [-0.4, -0.2) is 104 Å². The molecule has 52 heavy (non-hydrogen) atoms. The second-order valence-electron chi connectivity index (χ2n) is 13.4. The second kappa shape index (κ2) is 35.0. The topological polar surface area (TPSA) is 183 Å². The summed E-state index contributed by atoms with van der Waals surface area (Å²) in [5.41, 5.74) is 0.500. The fourth-order valence-electron chi connectivity index (χ4n) is 4.76. The number of ketones is 1. The molecule has 0 spiro atoms. The Balaban J connectivity index is -0.000000500. The van der Waals surface area contributed by atoms with Crippen molar-refractivity contribution >= 4 is 47.0 Å². The molecule has 0 aromatic heterocycles. The van der Waals surface area contributed by atoms with Gasteiger partial charge in [-0.2, -0.15) is 0 Å². The first-order valence-electron chi connectivity index (χ1n) is 18.6. The number of aliphatic hydroxyl groups is 1. The molecule has 1 aliphatic carbocycles. The molecule has 13 nitrogen and oxygen atoms in total. The fraction of sp³-hybridized carbons (Fsp3) is 0.789. The SMILES string of the molecule is C=CCC.CC.CC(C)(C)C.CCC(NC(=O)C1CCCN1C(=O)C(NC)C1CCCCC1)C(=O)C(=O)NCCC(=O)OC.CNC(C)=O.OCCl. The highest BCUT2D eigenvalue weighted by Gasteiger charge is 2.40. The van der Waals surface area contributed by atoms with E-state index in [1.165, 1.54) is 20.5 Å². The Morgan fingerprint density at radius 3 is 1.85 bits per heavy atom. The van der Waals surface area contributed by atoms with Crippen molar-refractivity contribution in [3.8, 4) is 0 Å². The van der Waals surface area contributed by atoms with Crippen molar-refractivity contribution in [2.24, 2.45) is 11.3 Å². The number of rotatable bonds is 12. The second-order valence-corrected chi connectivity index (χ2v) is 13.6. The van der Waals surface area contributed by atoms with E-state index in [-0.39, 0.29) is 49.2 Å². The molecule has 0 aromatic rings. The van der Waals surface area contributed by atoms with Gasteiger partial charge >= 0.3 is 5.97 Å². The number of alkyl halides is 1. The van der Waals surface area contributed by atoms with Crippen molar-refractivity contribution in [3.63, 3.8) is 0 Å². The highest BCUT2D eigenvalue weighted by atomic mass is 35.5. The number of halogens is 1. The number of aliphatic hydroxyl groups excluding tert-OH is 1. The number of amides is 4. The zero-order valence-corrected chi connectivity index (χ0v) is 35.2. The number of allylic oxidation sites excluding steroid dienone is 1. The lowest BCUT2D eigenvalue weighted by atomic mass is 9.83. The molecule has 1 heterocycles. The lowest BCUT2D eigenvalue weighted by molar-refractivity contribution is -0.144. The summed E-state index contributed by atoms with van der Waals surface area (Å²) in [7, 11) is 4.62. The fourth-order valence-corrected chi connectivity index (χ4v) is 4.76. The minimum atomic E-state index is -0.994. The van der Waals surface area contributed by atoms with Gasteiger partial charge in [-0.15, -0.1) is 6.58 Å². The van der Waals surface area contributed by atoms with Gasteiger partial charge in [-0.1, -0.05) is 92.3 Å². The number of methoxy groups -OCH3 is 1. The maximum atomic E-state index is 13.3. The van der Waals surface area contributed by atoms with E-state index in [4.69, 9.17) is 5.11 Å². The number of Topliss-reactive ketones (excluding diaryl/α,β-unsaturated/α-hetero) is 1. The van der Waals surface area contributed by atoms with E-state index in [1.807, 2.05) is 19.9 Å². The highest BCUT2D eigenvalue weighted by Crippen LogP contribution is 2.29. The Kier molecular flexibility index (Phi) is 37.5. The molecule has 1 saturated heterocycles. The Hall–Kier alpha value is -3.03. The van der Waals surface area contributed by atoms with Crippen LogP contribution in [0.15, 0.2) is 12.7 Å². The molecule has 3 unspecified atom stereocenters. The first kappa shape index (κ1) is 55.7. The quantitative estimate of drug-likeness (QED) is 0.0801. The van der Waals surface area contributed by atoms with Crippen molar-refractivity contribution in [2.45, 2.75) is 145 Å². The molecule has 2 rings (SSSR count). The minimum Gasteiger partial charge on any atom is -0.469 e. The maximum absolute atomic E-state index is 13.3. The zero-order chi connectivity index (χ0) is 41.3. The summed E-state index contributed by atoms with van der Waals surface area (Å²) < 4.78 is 4.49. The Bertz CT molecular complexity index is 994. The third-order valence-electron chi connectivity index (χ3n) is 7.28. The Morgan fingerprint density at radius 2 is 1.46 bits per heavy atom. The van der Waals surface area contributed by atoms with E-state index in [0.717, 1.165) is 32.1 Å². The van der Waals surface area contributed by atoms with Crippen LogP contribution < -0.4 is 21.3 Å². The van der Waals surface area contributed by atoms with Crippen LogP contribution in [0.25, 0.3) is 0 Å². The van der Waals surface area contributed by atoms with E-state index in [2.05, 4.69) is 78.8 Å². The van der Waals surface area contributed by atoms with Gasteiger partial charge in [0.2, 0.25) is 23.5 Å². The summed E-state index contributed by atoms with van der Waals surface area (Å²) in [6, 6.07) is -2.24. The number of carbonyl (C=O) groups excluding carboxylic acids is 6. The number of hydrogen-bond donors (Lipinski definition) is 5. The highest BCUT2D eigenvalue weighted by molar-refractivity contribution is 6.38. The summed E-state index contributed by atoms with van der Waals surface area (Å²) in [6.07, 6.45) is 9.79. The third-order valence-corrected chi connectivity index (χ3v) is 7.28. The minimum absolute atomic E-state index is 0.00463. The first-order chi connectivity index (χ1) is 24.4. The number of ether oxygens (including phenoxy) is 1. The predicted octanol–water partition coefficient (Wildman–Crippen LogP) is 4.88. The molecule has 5 N–H and O–H groups in total. The lowest BCUT2D eigenvalue weighted by Gasteiger charge is -2.34. The molecule has 0 aromatic carbocycles. The van der Waals surface area contributed by atoms with Gasteiger partial charge in [0.15, 0.2) is 0 Å². The van der Waals surface area contributed by atoms with Crippen LogP contribution in [0.3, 0.4) is 0 Å². The van der Waals surface area contributed by atoms with Gasteiger partial charge in [-0.3, -0.25) is 28.8 Å². The molecule has 4 amide bonds. The van der Waals surface area contributed by atoms with Gasteiger partial charge in [0.05, 0.1) is 25.6 Å². The number of likely N-dealkylation sites (tertiary alicyclic amines) is 1. The molecule has 14 heteroatoms. The van der Waals surface area contributed by atoms with Crippen molar-refractivity contribution < 1.29 is 38.6 Å². The first-order valence-corrected chi connectivity index (χ1v) is 19.1. The number of likely N-dealkylation sites (N-methyl/N-ethyl adjacent to an activating group) is 1. The van der Waals surface area contributed by atoms with Crippen LogP contribution in [0, 0.1) is 11.3 Å². The number of esters is 1. The smallest absolute Gasteiger partial charge is 0.307 e. The standard InChI is InChI=1S/C23H38N4O6.C5H12.C4H8.C3H7NO.C2H6.CH3ClO/c1-4-16(20(29)22(31)25-13-12-18(28)33-3)26-21(30)17-11-8-14-27(17)23(32)19(24-2)15-9-6-5-7-10-15;1-5(2,3)4;1-3-4-2;1-3(5)4-2;1-2;2-1-3/h15-17,19,24H,4-14H2,1-3H3,(H,25,31)(H,26,30);1-4H3;3H,1,4H2,2H3;1-2H3,(H,4,5);1-2H3;3H,1H2. The zero-order valence-electron chi connectivity index (χ0n) is 34.4. The average molecular weight is 764 g/mol. The van der Waals surface area contributed by atoms with Crippen molar-refractivity contribution in [1.82, 2.24) is 26.2 Å². The number of carbonyl (C=O) groups is 6. The van der Waals surface area contributed by atoms with Crippen LogP contribution in [0.4, 0.5) is 0 Å². The maximum Gasteiger partial charge on any atom is 0.307 e. The molecule has 0 bridgehead atoms. The van der Waals surface area contributed by atoms with Gasteiger partial charge in [-0.05, 0) is 56.9 Å².